The van der Waals surface area contributed by atoms with E-state index in [2.05, 4.69) is 149 Å². The molecule has 0 fully saturated rings. The summed E-state index contributed by atoms with van der Waals surface area (Å²) in [5.41, 5.74) is 4.64. The molecule has 4 rings (SSSR count). The van der Waals surface area contributed by atoms with Gasteiger partial charge in [-0.05, 0) is 86.6 Å². The largest absolute Gasteiger partial charge is 1.00 e. The standard InChI is InChI=1S/C35H40P.BrH/c1-29(25-26-34-30(2)18-16-27-35(34,3)4)17-14-15-28-36(31-19-8-5-9-20-31,32-21-10-6-11-22-32)33-23-12-7-13-24-33;/h5-15,17,19-26H,16,18,27-28H2,1-4H3;1H/q+1;/p-1. The Labute approximate surface area is 236 Å². The minimum Gasteiger partial charge on any atom is -1.00 e. The van der Waals surface area contributed by atoms with Gasteiger partial charge in [0.05, 0.1) is 6.16 Å². The summed E-state index contributed by atoms with van der Waals surface area (Å²) in [6, 6.07) is 33.3. The zero-order chi connectivity index (χ0) is 25.4. The van der Waals surface area contributed by atoms with Crippen molar-refractivity contribution >= 4 is 23.2 Å². The Bertz CT molecular complexity index is 1150. The third-order valence-electron chi connectivity index (χ3n) is 7.52. The van der Waals surface area contributed by atoms with Crippen LogP contribution in [-0.4, -0.2) is 6.16 Å². The summed E-state index contributed by atoms with van der Waals surface area (Å²) in [7, 11) is -1.82. The molecule has 1 aliphatic rings. The van der Waals surface area contributed by atoms with Crippen molar-refractivity contribution in [1.82, 2.24) is 0 Å². The van der Waals surface area contributed by atoms with Gasteiger partial charge in [0.15, 0.2) is 0 Å². The quantitative estimate of drug-likeness (QED) is 0.245. The molecule has 192 valence electrons. The van der Waals surface area contributed by atoms with E-state index in [1.165, 1.54) is 46.3 Å². The lowest BCUT2D eigenvalue weighted by Crippen LogP contribution is -3.00. The van der Waals surface area contributed by atoms with E-state index in [1.54, 1.807) is 5.57 Å². The highest BCUT2D eigenvalue weighted by Crippen LogP contribution is 2.55. The summed E-state index contributed by atoms with van der Waals surface area (Å²) >= 11 is 0. The van der Waals surface area contributed by atoms with Crippen LogP contribution >= 0.6 is 7.26 Å². The first-order valence-corrected chi connectivity index (χ1v) is 15.2. The monoisotopic (exact) mass is 570 g/mol. The zero-order valence-corrected chi connectivity index (χ0v) is 25.2. The van der Waals surface area contributed by atoms with E-state index < -0.39 is 7.26 Å². The van der Waals surface area contributed by atoms with Crippen LogP contribution < -0.4 is 32.9 Å². The number of rotatable bonds is 8. The van der Waals surface area contributed by atoms with Crippen molar-refractivity contribution in [2.45, 2.75) is 47.0 Å². The van der Waals surface area contributed by atoms with E-state index in [0.717, 1.165) is 6.16 Å². The van der Waals surface area contributed by atoms with Gasteiger partial charge in [0.2, 0.25) is 0 Å². The minimum atomic E-state index is -1.82. The first kappa shape index (κ1) is 29.1. The summed E-state index contributed by atoms with van der Waals surface area (Å²) < 4.78 is 0. The first-order valence-electron chi connectivity index (χ1n) is 13.2. The Balaban J connectivity index is 0.00000380. The molecule has 0 atom stereocenters. The Kier molecular flexibility index (Phi) is 10.5. The molecule has 37 heavy (non-hydrogen) atoms. The molecule has 0 unspecified atom stereocenters. The molecule has 0 spiro atoms. The predicted molar refractivity (Wildman–Crippen MR) is 162 cm³/mol. The van der Waals surface area contributed by atoms with E-state index in [1.807, 2.05) is 0 Å². The second-order valence-corrected chi connectivity index (χ2v) is 14.1. The lowest BCUT2D eigenvalue weighted by Gasteiger charge is -2.32. The summed E-state index contributed by atoms with van der Waals surface area (Å²) in [6.07, 6.45) is 16.4. The molecular formula is C35H40BrP. The second-order valence-electron chi connectivity index (χ2n) is 10.6. The topological polar surface area (TPSA) is 0 Å². The number of allylic oxidation sites excluding steroid dienone is 8. The smallest absolute Gasteiger partial charge is 0.115 e. The van der Waals surface area contributed by atoms with Gasteiger partial charge in [0.25, 0.3) is 0 Å². The number of hydrogen-bond donors (Lipinski definition) is 0. The molecule has 0 aliphatic heterocycles. The van der Waals surface area contributed by atoms with Crippen LogP contribution in [0.5, 0.6) is 0 Å². The molecule has 0 radical (unpaired) electrons. The van der Waals surface area contributed by atoms with Gasteiger partial charge < -0.3 is 17.0 Å². The third kappa shape index (κ3) is 6.90. The second kappa shape index (κ2) is 13.4. The number of halogens is 1. The fraction of sp³-hybridized carbons (Fsp3) is 0.257. The maximum Gasteiger partial charge on any atom is 0.115 e. The van der Waals surface area contributed by atoms with Crippen molar-refractivity contribution in [2.24, 2.45) is 5.41 Å². The lowest BCUT2D eigenvalue weighted by molar-refractivity contribution is -0.00000765. The normalized spacial score (nSPS) is 16.3. The lowest BCUT2D eigenvalue weighted by atomic mass is 9.72. The average Bonchev–Trinajstić information content (AvgIpc) is 2.90. The highest BCUT2D eigenvalue weighted by atomic mass is 79.9. The highest BCUT2D eigenvalue weighted by molar-refractivity contribution is 7.95. The van der Waals surface area contributed by atoms with Gasteiger partial charge in [-0.15, -0.1) is 0 Å². The van der Waals surface area contributed by atoms with Crippen molar-refractivity contribution in [3.63, 3.8) is 0 Å². The van der Waals surface area contributed by atoms with E-state index >= 15 is 0 Å². The van der Waals surface area contributed by atoms with E-state index in [4.69, 9.17) is 0 Å². The molecule has 0 aromatic heterocycles. The number of benzene rings is 3. The van der Waals surface area contributed by atoms with Gasteiger partial charge >= 0.3 is 0 Å². The van der Waals surface area contributed by atoms with Crippen LogP contribution in [-0.2, 0) is 0 Å². The van der Waals surface area contributed by atoms with Gasteiger partial charge in [0.1, 0.15) is 23.2 Å². The summed E-state index contributed by atoms with van der Waals surface area (Å²) in [4.78, 5) is 0. The van der Waals surface area contributed by atoms with Crippen molar-refractivity contribution in [3.05, 3.63) is 138 Å². The van der Waals surface area contributed by atoms with Crippen molar-refractivity contribution in [1.29, 1.82) is 0 Å². The van der Waals surface area contributed by atoms with Crippen molar-refractivity contribution in [2.75, 3.05) is 6.16 Å². The molecule has 3 aromatic rings. The van der Waals surface area contributed by atoms with Crippen LogP contribution in [0.25, 0.3) is 0 Å². The highest BCUT2D eigenvalue weighted by Gasteiger charge is 2.44. The Hall–Kier alpha value is -2.47. The average molecular weight is 572 g/mol. The minimum absolute atomic E-state index is 0. The molecule has 0 bridgehead atoms. The SMILES string of the molecule is CC(C=CC1=C(C)CCCC1(C)C)=CC=CC[P+](c1ccccc1)(c1ccccc1)c1ccccc1.[Br-]. The maximum atomic E-state index is 2.38. The fourth-order valence-corrected chi connectivity index (χ4v) is 9.54. The maximum absolute atomic E-state index is 2.38. The number of hydrogen-bond acceptors (Lipinski definition) is 0. The molecular weight excluding hydrogens is 531 g/mol. The molecule has 0 saturated heterocycles. The van der Waals surface area contributed by atoms with Crippen molar-refractivity contribution in [3.8, 4) is 0 Å². The van der Waals surface area contributed by atoms with Gasteiger partial charge in [-0.1, -0.05) is 104 Å². The fourth-order valence-electron chi connectivity index (χ4n) is 5.53. The van der Waals surface area contributed by atoms with Crippen LogP contribution in [0.2, 0.25) is 0 Å². The molecule has 0 saturated carbocycles. The Morgan fingerprint density at radius 1 is 0.811 bits per heavy atom. The van der Waals surface area contributed by atoms with E-state index in [9.17, 15) is 0 Å². The van der Waals surface area contributed by atoms with Gasteiger partial charge in [-0.3, -0.25) is 0 Å². The summed E-state index contributed by atoms with van der Waals surface area (Å²) in [5, 5.41) is 4.28. The van der Waals surface area contributed by atoms with Gasteiger partial charge in [-0.2, -0.15) is 0 Å². The molecule has 0 heterocycles. The van der Waals surface area contributed by atoms with Crippen LogP contribution in [0.4, 0.5) is 0 Å². The molecule has 0 nitrogen and oxygen atoms in total. The predicted octanol–water partition coefficient (Wildman–Crippen LogP) is 5.57. The Morgan fingerprint density at radius 2 is 1.30 bits per heavy atom. The third-order valence-corrected chi connectivity index (χ3v) is 11.8. The van der Waals surface area contributed by atoms with Gasteiger partial charge in [-0.25, -0.2) is 0 Å². The first-order chi connectivity index (χ1) is 17.4. The van der Waals surface area contributed by atoms with Crippen molar-refractivity contribution < 1.29 is 17.0 Å². The van der Waals surface area contributed by atoms with Crippen LogP contribution in [0, 0.1) is 5.41 Å². The molecule has 1 aliphatic carbocycles. The van der Waals surface area contributed by atoms with Crippen LogP contribution in [0.15, 0.2) is 138 Å². The molecule has 3 aromatic carbocycles. The molecule has 0 amide bonds. The Morgan fingerprint density at radius 3 is 1.76 bits per heavy atom. The van der Waals surface area contributed by atoms with E-state index in [-0.39, 0.29) is 22.4 Å². The van der Waals surface area contributed by atoms with Crippen LogP contribution in [0.3, 0.4) is 0 Å². The zero-order valence-electron chi connectivity index (χ0n) is 22.7. The summed E-state index contributed by atoms with van der Waals surface area (Å²) in [6.45, 7) is 9.28. The van der Waals surface area contributed by atoms with Gasteiger partial charge in [0, 0.05) is 0 Å². The molecule has 0 N–H and O–H groups in total. The van der Waals surface area contributed by atoms with Crippen LogP contribution in [0.1, 0.15) is 47.0 Å². The summed E-state index contributed by atoms with van der Waals surface area (Å²) in [5.74, 6) is 0. The molecule has 2 heteroatoms. The van der Waals surface area contributed by atoms with E-state index in [0.29, 0.717) is 0 Å².